The number of aryl methyl sites for hydroxylation is 1. The summed E-state index contributed by atoms with van der Waals surface area (Å²) < 4.78 is 0. The van der Waals surface area contributed by atoms with Gasteiger partial charge in [-0.05, 0) is 30.7 Å². The molecule has 0 fully saturated rings. The Hall–Kier alpha value is -3.08. The Labute approximate surface area is 170 Å². The topological polar surface area (TPSA) is 98.6 Å². The Bertz CT molecular complexity index is 1120. The molecule has 0 saturated heterocycles. The van der Waals surface area contributed by atoms with Crippen molar-refractivity contribution in [2.45, 2.75) is 12.1 Å². The van der Waals surface area contributed by atoms with Crippen molar-refractivity contribution in [3.8, 4) is 17.3 Å². The number of hydrogen-bond donors (Lipinski definition) is 2. The zero-order valence-corrected chi connectivity index (χ0v) is 16.4. The normalized spacial score (nSPS) is 10.3. The number of amides is 1. The van der Waals surface area contributed by atoms with Gasteiger partial charge in [0.25, 0.3) is 5.56 Å². The van der Waals surface area contributed by atoms with E-state index in [9.17, 15) is 14.9 Å². The van der Waals surface area contributed by atoms with Crippen molar-refractivity contribution in [1.29, 1.82) is 5.26 Å². The van der Waals surface area contributed by atoms with E-state index in [4.69, 9.17) is 11.6 Å². The number of nitrogens with zero attached hydrogens (tertiary/aromatic N) is 2. The van der Waals surface area contributed by atoms with E-state index >= 15 is 0 Å². The van der Waals surface area contributed by atoms with Gasteiger partial charge in [0.15, 0.2) is 5.16 Å². The van der Waals surface area contributed by atoms with Crippen molar-refractivity contribution < 1.29 is 4.79 Å². The molecule has 6 nitrogen and oxygen atoms in total. The molecule has 1 amide bonds. The molecule has 0 aliphatic heterocycles. The van der Waals surface area contributed by atoms with Crippen LogP contribution in [-0.2, 0) is 4.79 Å². The zero-order valence-electron chi connectivity index (χ0n) is 14.8. The molecule has 0 aliphatic rings. The number of thioether (sulfide) groups is 1. The molecule has 0 atom stereocenters. The van der Waals surface area contributed by atoms with Gasteiger partial charge in [0, 0.05) is 16.3 Å². The average Bonchev–Trinajstić information content (AvgIpc) is 2.69. The number of halogens is 1. The van der Waals surface area contributed by atoms with Gasteiger partial charge in [0.1, 0.15) is 11.6 Å². The van der Waals surface area contributed by atoms with Gasteiger partial charge in [0.2, 0.25) is 5.91 Å². The van der Waals surface area contributed by atoms with Gasteiger partial charge in [-0.25, -0.2) is 4.98 Å². The fraction of sp³-hybridized carbons (Fsp3) is 0.100. The summed E-state index contributed by atoms with van der Waals surface area (Å²) in [5, 5.41) is 13.0. The first-order valence-electron chi connectivity index (χ1n) is 8.26. The first-order chi connectivity index (χ1) is 13.5. The number of aromatic nitrogens is 2. The van der Waals surface area contributed by atoms with Crippen LogP contribution in [0.5, 0.6) is 0 Å². The minimum atomic E-state index is -0.534. The van der Waals surface area contributed by atoms with Crippen molar-refractivity contribution in [1.82, 2.24) is 9.97 Å². The lowest BCUT2D eigenvalue weighted by Gasteiger charge is -2.09. The largest absolute Gasteiger partial charge is 0.325 e. The van der Waals surface area contributed by atoms with E-state index in [1.165, 1.54) is 0 Å². The van der Waals surface area contributed by atoms with Crippen LogP contribution in [0.1, 0.15) is 11.1 Å². The predicted molar refractivity (Wildman–Crippen MR) is 111 cm³/mol. The van der Waals surface area contributed by atoms with Crippen molar-refractivity contribution in [2.24, 2.45) is 0 Å². The number of aromatic amines is 1. The number of carbonyl (C=O) groups excluding carboxylic acids is 1. The molecule has 0 unspecified atom stereocenters. The lowest BCUT2D eigenvalue weighted by molar-refractivity contribution is -0.113. The van der Waals surface area contributed by atoms with E-state index in [0.717, 1.165) is 17.3 Å². The van der Waals surface area contributed by atoms with Crippen LogP contribution in [0.15, 0.2) is 58.5 Å². The Balaban J connectivity index is 1.77. The Kier molecular flexibility index (Phi) is 6.14. The van der Waals surface area contributed by atoms with Gasteiger partial charge in [-0.3, -0.25) is 9.59 Å². The number of nitriles is 1. The molecule has 0 aliphatic carbocycles. The van der Waals surface area contributed by atoms with Crippen LogP contribution < -0.4 is 10.9 Å². The van der Waals surface area contributed by atoms with Crippen molar-refractivity contribution in [2.75, 3.05) is 11.1 Å². The highest BCUT2D eigenvalue weighted by Crippen LogP contribution is 2.23. The number of benzene rings is 2. The standard InChI is InChI=1S/C20H15ClN4O2S/c1-12-9-14(21)7-8-16(12)23-17(26)11-28-20-24-18(13-5-3-2-4-6-13)15(10-22)19(27)25-20/h2-9H,11H2,1H3,(H,23,26)(H,24,25,27). The molecule has 2 N–H and O–H groups in total. The number of anilines is 1. The minimum Gasteiger partial charge on any atom is -0.325 e. The maximum absolute atomic E-state index is 12.2. The van der Waals surface area contributed by atoms with Gasteiger partial charge in [0.05, 0.1) is 11.4 Å². The second-order valence-electron chi connectivity index (χ2n) is 5.87. The summed E-state index contributed by atoms with van der Waals surface area (Å²) in [6.45, 7) is 1.85. The number of nitrogens with one attached hydrogen (secondary N) is 2. The second-order valence-corrected chi connectivity index (χ2v) is 7.27. The summed E-state index contributed by atoms with van der Waals surface area (Å²) in [7, 11) is 0. The van der Waals surface area contributed by atoms with Crippen LogP contribution >= 0.6 is 23.4 Å². The van der Waals surface area contributed by atoms with Crippen LogP contribution in [0.25, 0.3) is 11.3 Å². The van der Waals surface area contributed by atoms with Crippen molar-refractivity contribution in [3.05, 3.63) is 75.0 Å². The van der Waals surface area contributed by atoms with Crippen LogP contribution in [0.4, 0.5) is 5.69 Å². The van der Waals surface area contributed by atoms with E-state index in [-0.39, 0.29) is 22.4 Å². The van der Waals surface area contributed by atoms with Crippen LogP contribution in [0.3, 0.4) is 0 Å². The Morgan fingerprint density at radius 3 is 2.71 bits per heavy atom. The van der Waals surface area contributed by atoms with Gasteiger partial charge in [-0.15, -0.1) is 0 Å². The maximum Gasteiger partial charge on any atom is 0.270 e. The van der Waals surface area contributed by atoms with Crippen molar-refractivity contribution in [3.63, 3.8) is 0 Å². The first-order valence-corrected chi connectivity index (χ1v) is 9.63. The highest BCUT2D eigenvalue weighted by atomic mass is 35.5. The van der Waals surface area contributed by atoms with Gasteiger partial charge in [-0.2, -0.15) is 5.26 Å². The van der Waals surface area contributed by atoms with Gasteiger partial charge < -0.3 is 10.3 Å². The van der Waals surface area contributed by atoms with Crippen molar-refractivity contribution >= 4 is 35.0 Å². The molecule has 1 aromatic heterocycles. The molecule has 2 aromatic carbocycles. The number of carbonyl (C=O) groups is 1. The lowest BCUT2D eigenvalue weighted by Crippen LogP contribution is -2.17. The summed E-state index contributed by atoms with van der Waals surface area (Å²) >= 11 is 7.00. The van der Waals surface area contributed by atoms with Crippen LogP contribution in [0, 0.1) is 18.3 Å². The molecule has 0 saturated carbocycles. The summed E-state index contributed by atoms with van der Waals surface area (Å²) in [5.41, 5.74) is 1.88. The summed E-state index contributed by atoms with van der Waals surface area (Å²) in [6.07, 6.45) is 0. The number of hydrogen-bond acceptors (Lipinski definition) is 5. The quantitative estimate of drug-likeness (QED) is 0.489. The molecular formula is C20H15ClN4O2S. The van der Waals surface area contributed by atoms with Gasteiger partial charge >= 0.3 is 0 Å². The fourth-order valence-corrected chi connectivity index (χ4v) is 3.40. The number of rotatable bonds is 5. The molecule has 140 valence electrons. The van der Waals surface area contributed by atoms with Crippen LogP contribution in [-0.4, -0.2) is 21.6 Å². The molecule has 0 bridgehead atoms. The molecule has 3 rings (SSSR count). The Morgan fingerprint density at radius 1 is 1.29 bits per heavy atom. The van der Waals surface area contributed by atoms with E-state index in [0.29, 0.717) is 22.0 Å². The van der Waals surface area contributed by atoms with E-state index in [1.807, 2.05) is 19.1 Å². The lowest BCUT2D eigenvalue weighted by atomic mass is 10.1. The minimum absolute atomic E-state index is 0.0468. The van der Waals surface area contributed by atoms with E-state index in [1.54, 1.807) is 42.5 Å². The zero-order chi connectivity index (χ0) is 20.1. The smallest absolute Gasteiger partial charge is 0.270 e. The highest BCUT2D eigenvalue weighted by molar-refractivity contribution is 7.99. The Morgan fingerprint density at radius 2 is 2.04 bits per heavy atom. The molecule has 1 heterocycles. The third kappa shape index (κ3) is 4.60. The molecule has 3 aromatic rings. The predicted octanol–water partition coefficient (Wildman–Crippen LogP) is 4.00. The van der Waals surface area contributed by atoms with Crippen LogP contribution in [0.2, 0.25) is 5.02 Å². The van der Waals surface area contributed by atoms with E-state index < -0.39 is 5.56 Å². The molecule has 0 radical (unpaired) electrons. The van der Waals surface area contributed by atoms with E-state index in [2.05, 4.69) is 15.3 Å². The fourth-order valence-electron chi connectivity index (χ4n) is 2.52. The summed E-state index contributed by atoms with van der Waals surface area (Å²) in [4.78, 5) is 31.4. The molecular weight excluding hydrogens is 396 g/mol. The summed E-state index contributed by atoms with van der Waals surface area (Å²) in [6, 6.07) is 16.1. The molecule has 28 heavy (non-hydrogen) atoms. The van der Waals surface area contributed by atoms with Gasteiger partial charge in [-0.1, -0.05) is 53.7 Å². The SMILES string of the molecule is Cc1cc(Cl)ccc1NC(=O)CSc1nc(-c2ccccc2)c(C#N)c(=O)[nH]1. The highest BCUT2D eigenvalue weighted by Gasteiger charge is 2.14. The molecule has 0 spiro atoms. The maximum atomic E-state index is 12.2. The first kappa shape index (κ1) is 19.7. The third-order valence-corrected chi connectivity index (χ3v) is 4.97. The number of H-pyrrole nitrogens is 1. The monoisotopic (exact) mass is 410 g/mol. The summed E-state index contributed by atoms with van der Waals surface area (Å²) in [5.74, 6) is -0.200. The molecule has 8 heteroatoms. The third-order valence-electron chi connectivity index (χ3n) is 3.86. The average molecular weight is 411 g/mol. The second kappa shape index (κ2) is 8.74.